The van der Waals surface area contributed by atoms with Gasteiger partial charge in [-0.05, 0) is 0 Å². The van der Waals surface area contributed by atoms with E-state index in [2.05, 4.69) is 0 Å². The molecule has 0 fully saturated rings. The molecule has 0 atom stereocenters. The fourth-order valence-corrected chi connectivity index (χ4v) is 1.35. The van der Waals surface area contributed by atoms with E-state index in [-0.39, 0.29) is 28.3 Å². The molecule has 18 heavy (non-hydrogen) atoms. The van der Waals surface area contributed by atoms with E-state index in [9.17, 15) is 4.79 Å². The second-order valence-electron chi connectivity index (χ2n) is 3.06. The Balaban J connectivity index is -0.000000562. The van der Waals surface area contributed by atoms with Gasteiger partial charge in [-0.1, -0.05) is 60.7 Å². The zero-order valence-corrected chi connectivity index (χ0v) is 9.39. The average Bonchev–Trinajstić information content (AvgIpc) is 2.30. The van der Waals surface area contributed by atoms with E-state index < -0.39 is 0 Å². The van der Waals surface area contributed by atoms with Crippen LogP contribution in [0, 0.1) is 0 Å². The van der Waals surface area contributed by atoms with Gasteiger partial charge in [0.15, 0.2) is 5.78 Å². The van der Waals surface area contributed by atoms with Gasteiger partial charge in [0.05, 0.1) is 0 Å². The summed E-state index contributed by atoms with van der Waals surface area (Å²) >= 11 is 0. The van der Waals surface area contributed by atoms with Crippen molar-refractivity contribution in [3.05, 3.63) is 71.8 Å². The zero-order chi connectivity index (χ0) is 9.80. The summed E-state index contributed by atoms with van der Waals surface area (Å²) in [6, 6.07) is 18.6. The van der Waals surface area contributed by atoms with Crippen LogP contribution in [0.4, 0.5) is 0 Å². The summed E-state index contributed by atoms with van der Waals surface area (Å²) in [5.74, 6) is 0.0752. The summed E-state index contributed by atoms with van der Waals surface area (Å²) < 4.78 is 0. The summed E-state index contributed by atoms with van der Waals surface area (Å²) in [7, 11) is 0. The van der Waals surface area contributed by atoms with Gasteiger partial charge >= 0.3 is 8.41 Å². The van der Waals surface area contributed by atoms with E-state index in [1.807, 2.05) is 60.7 Å². The summed E-state index contributed by atoms with van der Waals surface area (Å²) in [6.45, 7) is 0. The Morgan fingerprint density at radius 3 is 1.17 bits per heavy atom. The SMILES string of the molecule is O=C(c1ccccc1)c1ccccc1.[B+3].[F-].[F-].[F-]. The van der Waals surface area contributed by atoms with Crippen molar-refractivity contribution in [1.82, 2.24) is 0 Å². The summed E-state index contributed by atoms with van der Waals surface area (Å²) in [6.07, 6.45) is 0. The van der Waals surface area contributed by atoms with Crippen LogP contribution in [0.25, 0.3) is 0 Å². The Morgan fingerprint density at radius 2 is 0.889 bits per heavy atom. The molecule has 0 saturated carbocycles. The third kappa shape index (κ3) is 4.87. The van der Waals surface area contributed by atoms with Gasteiger partial charge in [-0.3, -0.25) is 4.79 Å². The van der Waals surface area contributed by atoms with Gasteiger partial charge in [0, 0.05) is 11.1 Å². The number of hydrogen-bond donors (Lipinski definition) is 0. The maximum absolute atomic E-state index is 11.8. The van der Waals surface area contributed by atoms with Crippen LogP contribution in [0.15, 0.2) is 60.7 Å². The third-order valence-corrected chi connectivity index (χ3v) is 2.07. The van der Waals surface area contributed by atoms with Crippen molar-refractivity contribution in [3.63, 3.8) is 0 Å². The fraction of sp³-hybridized carbons (Fsp3) is 0. The van der Waals surface area contributed by atoms with Crippen molar-refractivity contribution in [1.29, 1.82) is 0 Å². The number of ketones is 1. The van der Waals surface area contributed by atoms with E-state index >= 15 is 0 Å². The van der Waals surface area contributed by atoms with Gasteiger partial charge in [0.2, 0.25) is 0 Å². The van der Waals surface area contributed by atoms with Gasteiger partial charge in [-0.2, -0.15) is 0 Å². The van der Waals surface area contributed by atoms with Crippen LogP contribution in [0.5, 0.6) is 0 Å². The molecule has 0 aliphatic heterocycles. The molecule has 1 nitrogen and oxygen atoms in total. The van der Waals surface area contributed by atoms with Crippen LogP contribution in [-0.2, 0) is 0 Å². The Labute approximate surface area is 106 Å². The first-order chi connectivity index (χ1) is 6.88. The van der Waals surface area contributed by atoms with E-state index in [1.165, 1.54) is 0 Å². The molecule has 0 amide bonds. The van der Waals surface area contributed by atoms with Gasteiger partial charge in [-0.15, -0.1) is 0 Å². The minimum atomic E-state index is 0. The standard InChI is InChI=1S/C13H10O.B.3FH/c14-13(11-7-3-1-4-8-11)12-9-5-2-6-10-12;;;;/h1-10H;;3*1H/q;+3;;;/p-3. The molecule has 2 rings (SSSR count). The predicted molar refractivity (Wildman–Crippen MR) is 62.1 cm³/mol. The summed E-state index contributed by atoms with van der Waals surface area (Å²) in [4.78, 5) is 11.8. The largest absolute Gasteiger partial charge is 3.00 e. The Hall–Kier alpha value is -2.04. The van der Waals surface area contributed by atoms with Crippen molar-refractivity contribution >= 4 is 14.2 Å². The molecule has 0 unspecified atom stereocenters. The Morgan fingerprint density at radius 1 is 0.611 bits per heavy atom. The van der Waals surface area contributed by atoms with Crippen LogP contribution >= 0.6 is 0 Å². The van der Waals surface area contributed by atoms with Crippen molar-refractivity contribution in [2.24, 2.45) is 0 Å². The molecule has 0 spiro atoms. The smallest absolute Gasteiger partial charge is 1.00 e. The molecule has 0 aromatic heterocycles. The first-order valence-corrected chi connectivity index (χ1v) is 4.53. The van der Waals surface area contributed by atoms with E-state index in [1.54, 1.807) is 0 Å². The fourth-order valence-electron chi connectivity index (χ4n) is 1.35. The van der Waals surface area contributed by atoms with Crippen molar-refractivity contribution < 1.29 is 18.9 Å². The predicted octanol–water partition coefficient (Wildman–Crippen LogP) is -6.45. The van der Waals surface area contributed by atoms with E-state index in [4.69, 9.17) is 0 Å². The topological polar surface area (TPSA) is 17.1 Å². The number of carbonyl (C=O) groups excluding carboxylic acids is 1. The Bertz CT molecular complexity index is 393. The van der Waals surface area contributed by atoms with Crippen LogP contribution < -0.4 is 14.1 Å². The van der Waals surface area contributed by atoms with Gasteiger partial charge in [0.25, 0.3) is 0 Å². The maximum atomic E-state index is 11.8. The van der Waals surface area contributed by atoms with Crippen LogP contribution in [0.3, 0.4) is 0 Å². The zero-order valence-electron chi connectivity index (χ0n) is 9.39. The maximum Gasteiger partial charge on any atom is 3.00 e. The first-order valence-electron chi connectivity index (χ1n) is 4.53. The van der Waals surface area contributed by atoms with Gasteiger partial charge in [-0.25, -0.2) is 0 Å². The quantitative estimate of drug-likeness (QED) is 0.383. The number of benzene rings is 2. The minimum absolute atomic E-state index is 0. The monoisotopic (exact) mass is 250 g/mol. The molecule has 0 heterocycles. The normalized spacial score (nSPS) is 7.56. The van der Waals surface area contributed by atoms with Gasteiger partial charge in [0.1, 0.15) is 0 Å². The molecule has 0 saturated heterocycles. The molecular weight excluding hydrogens is 240 g/mol. The third-order valence-electron chi connectivity index (χ3n) is 2.07. The number of rotatable bonds is 2. The van der Waals surface area contributed by atoms with Crippen molar-refractivity contribution in [3.8, 4) is 0 Å². The summed E-state index contributed by atoms with van der Waals surface area (Å²) in [5.41, 5.74) is 1.47. The van der Waals surface area contributed by atoms with E-state index in [0.29, 0.717) is 0 Å². The van der Waals surface area contributed by atoms with E-state index in [0.717, 1.165) is 11.1 Å². The average molecular weight is 250 g/mol. The molecule has 5 heteroatoms. The molecule has 2 aromatic rings. The second-order valence-corrected chi connectivity index (χ2v) is 3.06. The summed E-state index contributed by atoms with van der Waals surface area (Å²) in [5, 5.41) is 0. The van der Waals surface area contributed by atoms with Crippen molar-refractivity contribution in [2.45, 2.75) is 0 Å². The number of carbonyl (C=O) groups is 1. The molecule has 0 aliphatic rings. The first kappa shape index (κ1) is 21.3. The van der Waals surface area contributed by atoms with Crippen LogP contribution in [0.1, 0.15) is 15.9 Å². The molecule has 0 aliphatic carbocycles. The Kier molecular flexibility index (Phi) is 12.0. The molecule has 0 radical (unpaired) electrons. The second kappa shape index (κ2) is 10.1. The molecule has 92 valence electrons. The van der Waals surface area contributed by atoms with Crippen molar-refractivity contribution in [2.75, 3.05) is 0 Å². The molecule has 0 bridgehead atoms. The molecule has 2 aromatic carbocycles. The van der Waals surface area contributed by atoms with Crippen LogP contribution in [-0.4, -0.2) is 14.2 Å². The van der Waals surface area contributed by atoms with Gasteiger partial charge < -0.3 is 14.1 Å². The number of hydrogen-bond acceptors (Lipinski definition) is 1. The molecule has 0 N–H and O–H groups in total. The molecular formula is C13H10BF3O. The number of halogens is 3. The minimum Gasteiger partial charge on any atom is -1.00 e. The van der Waals surface area contributed by atoms with Crippen LogP contribution in [0.2, 0.25) is 0 Å².